The molecular formula is C11H23O6P. The molecule has 0 aliphatic heterocycles. The number of aliphatic carboxylic acids is 1. The number of hydrogen-bond donors (Lipinski definition) is 2. The molecule has 0 fully saturated rings. The SMILES string of the molecule is C=CC(=O)O.CCCCOP(=O)(O)OCCCC. The molecule has 0 aliphatic rings. The van der Waals surface area contributed by atoms with Gasteiger partial charge in [-0.1, -0.05) is 33.3 Å². The molecule has 0 saturated carbocycles. The summed E-state index contributed by atoms with van der Waals surface area (Å²) >= 11 is 0. The van der Waals surface area contributed by atoms with Crippen LogP contribution >= 0.6 is 7.82 Å². The third kappa shape index (κ3) is 17.7. The van der Waals surface area contributed by atoms with Gasteiger partial charge in [0.15, 0.2) is 0 Å². The quantitative estimate of drug-likeness (QED) is 0.383. The van der Waals surface area contributed by atoms with Gasteiger partial charge in [-0.15, -0.1) is 0 Å². The molecule has 108 valence electrons. The molecule has 0 bridgehead atoms. The van der Waals surface area contributed by atoms with Crippen molar-refractivity contribution in [2.45, 2.75) is 39.5 Å². The summed E-state index contributed by atoms with van der Waals surface area (Å²) in [5.74, 6) is -0.981. The van der Waals surface area contributed by atoms with E-state index in [0.717, 1.165) is 31.8 Å². The van der Waals surface area contributed by atoms with Crippen molar-refractivity contribution in [2.75, 3.05) is 13.2 Å². The molecule has 0 heterocycles. The zero-order valence-electron chi connectivity index (χ0n) is 11.0. The first kappa shape index (κ1) is 19.7. The van der Waals surface area contributed by atoms with Gasteiger partial charge in [-0.05, 0) is 12.8 Å². The number of carboxylic acids is 1. The third-order valence-electron chi connectivity index (χ3n) is 1.68. The molecular weight excluding hydrogens is 259 g/mol. The highest BCUT2D eigenvalue weighted by molar-refractivity contribution is 7.47. The zero-order chi connectivity index (χ0) is 14.4. The number of carbonyl (C=O) groups is 1. The molecule has 0 radical (unpaired) electrons. The lowest BCUT2D eigenvalue weighted by Gasteiger charge is -2.10. The van der Waals surface area contributed by atoms with Crippen LogP contribution in [0.25, 0.3) is 0 Å². The van der Waals surface area contributed by atoms with Crippen molar-refractivity contribution in [1.82, 2.24) is 0 Å². The van der Waals surface area contributed by atoms with Crippen LogP contribution in [0.15, 0.2) is 12.7 Å². The molecule has 0 saturated heterocycles. The van der Waals surface area contributed by atoms with Crippen LogP contribution in [-0.4, -0.2) is 29.2 Å². The largest absolute Gasteiger partial charge is 0.478 e. The monoisotopic (exact) mass is 282 g/mol. The van der Waals surface area contributed by atoms with Gasteiger partial charge in [0.2, 0.25) is 0 Å². The maximum absolute atomic E-state index is 11.1. The Bertz CT molecular complexity index is 252. The molecule has 0 spiro atoms. The lowest BCUT2D eigenvalue weighted by Crippen LogP contribution is -1.98. The second-order valence-electron chi connectivity index (χ2n) is 3.38. The van der Waals surface area contributed by atoms with Crippen molar-refractivity contribution in [3.8, 4) is 0 Å². The second-order valence-corrected chi connectivity index (χ2v) is 4.84. The van der Waals surface area contributed by atoms with Crippen LogP contribution in [0.5, 0.6) is 0 Å². The van der Waals surface area contributed by atoms with Crippen molar-refractivity contribution in [3.63, 3.8) is 0 Å². The minimum absolute atomic E-state index is 0.288. The van der Waals surface area contributed by atoms with Crippen molar-refractivity contribution in [1.29, 1.82) is 0 Å². The van der Waals surface area contributed by atoms with Gasteiger partial charge >= 0.3 is 13.8 Å². The number of unbranched alkanes of at least 4 members (excludes halogenated alkanes) is 2. The second kappa shape index (κ2) is 12.8. The van der Waals surface area contributed by atoms with E-state index in [1.165, 1.54) is 0 Å². The van der Waals surface area contributed by atoms with Crippen LogP contribution in [0, 0.1) is 0 Å². The van der Waals surface area contributed by atoms with E-state index in [9.17, 15) is 9.36 Å². The van der Waals surface area contributed by atoms with Gasteiger partial charge in [-0.3, -0.25) is 9.05 Å². The van der Waals surface area contributed by atoms with Gasteiger partial charge in [0, 0.05) is 6.08 Å². The van der Waals surface area contributed by atoms with E-state index in [0.29, 0.717) is 0 Å². The van der Waals surface area contributed by atoms with E-state index in [1.807, 2.05) is 13.8 Å². The van der Waals surface area contributed by atoms with Crippen molar-refractivity contribution in [2.24, 2.45) is 0 Å². The minimum Gasteiger partial charge on any atom is -0.478 e. The Morgan fingerprint density at radius 2 is 1.56 bits per heavy atom. The van der Waals surface area contributed by atoms with Crippen LogP contribution in [0.1, 0.15) is 39.5 Å². The van der Waals surface area contributed by atoms with Gasteiger partial charge in [0.25, 0.3) is 0 Å². The van der Waals surface area contributed by atoms with Gasteiger partial charge in [0.1, 0.15) is 0 Å². The first-order chi connectivity index (χ1) is 8.39. The standard InChI is InChI=1S/C8H19O4P.C3H4O2/c1-3-5-7-11-13(9,10)12-8-6-4-2;1-2-3(4)5/h3-8H2,1-2H3,(H,9,10);2H,1H2,(H,4,5). The number of rotatable bonds is 9. The molecule has 0 aromatic rings. The number of carboxylic acid groups (broad SMARTS) is 1. The molecule has 2 N–H and O–H groups in total. The Morgan fingerprint density at radius 1 is 1.22 bits per heavy atom. The molecule has 0 unspecified atom stereocenters. The molecule has 7 heteroatoms. The average Bonchev–Trinajstić information content (AvgIpc) is 2.30. The van der Waals surface area contributed by atoms with E-state index in [1.54, 1.807) is 0 Å². The van der Waals surface area contributed by atoms with E-state index in [2.05, 4.69) is 6.58 Å². The molecule has 0 amide bonds. The predicted octanol–water partition coefficient (Wildman–Crippen LogP) is 2.98. The Balaban J connectivity index is 0. The molecule has 0 rings (SSSR count). The highest BCUT2D eigenvalue weighted by Gasteiger charge is 2.19. The first-order valence-corrected chi connectivity index (χ1v) is 7.36. The van der Waals surface area contributed by atoms with Crippen molar-refractivity contribution in [3.05, 3.63) is 12.7 Å². The summed E-state index contributed by atoms with van der Waals surface area (Å²) in [5, 5.41) is 7.60. The van der Waals surface area contributed by atoms with Gasteiger partial charge in [-0.2, -0.15) is 0 Å². The lowest BCUT2D eigenvalue weighted by molar-refractivity contribution is -0.131. The summed E-state index contributed by atoms with van der Waals surface area (Å²) < 4.78 is 20.5. The zero-order valence-corrected chi connectivity index (χ0v) is 11.9. The maximum atomic E-state index is 11.1. The van der Waals surface area contributed by atoms with Crippen molar-refractivity contribution < 1.29 is 28.4 Å². The van der Waals surface area contributed by atoms with E-state index < -0.39 is 13.8 Å². The van der Waals surface area contributed by atoms with E-state index >= 15 is 0 Å². The lowest BCUT2D eigenvalue weighted by atomic mass is 10.4. The molecule has 0 aromatic carbocycles. The predicted molar refractivity (Wildman–Crippen MR) is 69.4 cm³/mol. The van der Waals surface area contributed by atoms with Gasteiger partial charge in [0.05, 0.1) is 13.2 Å². The molecule has 0 aliphatic carbocycles. The smallest absolute Gasteiger partial charge is 0.472 e. The number of phosphoric acid groups is 1. The van der Waals surface area contributed by atoms with Gasteiger partial charge in [-0.25, -0.2) is 9.36 Å². The molecule has 0 atom stereocenters. The minimum atomic E-state index is -3.75. The Kier molecular flexibility index (Phi) is 13.9. The first-order valence-electron chi connectivity index (χ1n) is 5.86. The molecule has 18 heavy (non-hydrogen) atoms. The van der Waals surface area contributed by atoms with E-state index in [-0.39, 0.29) is 13.2 Å². The number of phosphoric ester groups is 1. The summed E-state index contributed by atoms with van der Waals surface area (Å²) in [5.41, 5.74) is 0. The van der Waals surface area contributed by atoms with Crippen LogP contribution < -0.4 is 0 Å². The summed E-state index contributed by atoms with van der Waals surface area (Å²) in [6.45, 7) is 7.52. The maximum Gasteiger partial charge on any atom is 0.472 e. The van der Waals surface area contributed by atoms with E-state index in [4.69, 9.17) is 19.0 Å². The van der Waals surface area contributed by atoms with Crippen molar-refractivity contribution >= 4 is 13.8 Å². The van der Waals surface area contributed by atoms with Crippen LogP contribution in [0.2, 0.25) is 0 Å². The summed E-state index contributed by atoms with van der Waals surface area (Å²) in [7, 11) is -3.75. The van der Waals surface area contributed by atoms with Crippen LogP contribution in [0.3, 0.4) is 0 Å². The van der Waals surface area contributed by atoms with Crippen LogP contribution in [-0.2, 0) is 18.4 Å². The summed E-state index contributed by atoms with van der Waals surface area (Å²) in [6, 6.07) is 0. The Morgan fingerprint density at radius 3 is 1.78 bits per heavy atom. The number of hydrogen-bond acceptors (Lipinski definition) is 4. The normalized spacial score (nSPS) is 10.4. The summed E-state index contributed by atoms with van der Waals surface area (Å²) in [6.07, 6.45) is 4.27. The molecule has 0 aromatic heterocycles. The Labute approximate surface area is 108 Å². The Hall–Kier alpha value is -0.680. The molecule has 6 nitrogen and oxygen atoms in total. The van der Waals surface area contributed by atoms with Crippen LogP contribution in [0.4, 0.5) is 0 Å². The third-order valence-corrected chi connectivity index (χ3v) is 2.70. The highest BCUT2D eigenvalue weighted by Crippen LogP contribution is 2.43. The fourth-order valence-corrected chi connectivity index (χ4v) is 1.48. The fraction of sp³-hybridized carbons (Fsp3) is 0.727. The fourth-order valence-electron chi connectivity index (χ4n) is 0.686. The summed E-state index contributed by atoms with van der Waals surface area (Å²) in [4.78, 5) is 18.3. The highest BCUT2D eigenvalue weighted by atomic mass is 31.2. The van der Waals surface area contributed by atoms with Gasteiger partial charge < -0.3 is 10.00 Å². The topological polar surface area (TPSA) is 93.1 Å². The average molecular weight is 282 g/mol.